The summed E-state index contributed by atoms with van der Waals surface area (Å²) in [5.41, 5.74) is 1.01. The number of carbonyl (C=O) groups is 1. The second-order valence-electron chi connectivity index (χ2n) is 8.75. The summed E-state index contributed by atoms with van der Waals surface area (Å²) >= 11 is 0. The van der Waals surface area contributed by atoms with Crippen LogP contribution in [0, 0.1) is 17.5 Å². The Bertz CT molecular complexity index is 1200. The van der Waals surface area contributed by atoms with Crippen LogP contribution in [-0.2, 0) is 4.74 Å². The maximum atomic E-state index is 15.0. The van der Waals surface area contributed by atoms with Crippen molar-refractivity contribution in [1.82, 2.24) is 0 Å². The van der Waals surface area contributed by atoms with Gasteiger partial charge in [0.2, 0.25) is 0 Å². The van der Waals surface area contributed by atoms with Gasteiger partial charge in [-0.05, 0) is 86.9 Å². The Hall–Kier alpha value is -3.32. The number of carbonyl (C=O) groups excluding carboxylic acids is 1. The van der Waals surface area contributed by atoms with Crippen molar-refractivity contribution in [2.24, 2.45) is 0 Å². The molecular formula is C29H29F3O4. The normalized spacial score (nSPS) is 17.6. The first-order chi connectivity index (χ1) is 17.4. The highest BCUT2D eigenvalue weighted by molar-refractivity contribution is 5.91. The fourth-order valence-electron chi connectivity index (χ4n) is 4.65. The summed E-state index contributed by atoms with van der Waals surface area (Å²) in [6.45, 7) is 4.65. The number of halogens is 3. The molecule has 0 aliphatic heterocycles. The van der Waals surface area contributed by atoms with E-state index >= 15 is 8.78 Å². The second kappa shape index (κ2) is 11.6. The first-order valence-corrected chi connectivity index (χ1v) is 12.3. The monoisotopic (exact) mass is 498 g/mol. The first kappa shape index (κ1) is 25.8. The van der Waals surface area contributed by atoms with Crippen LogP contribution in [0.5, 0.6) is 11.5 Å². The maximum absolute atomic E-state index is 15.0. The molecule has 0 N–H and O–H groups in total. The smallest absolute Gasteiger partial charge is 0.343 e. The van der Waals surface area contributed by atoms with E-state index < -0.39 is 23.4 Å². The highest BCUT2D eigenvalue weighted by Crippen LogP contribution is 2.38. The predicted molar refractivity (Wildman–Crippen MR) is 131 cm³/mol. The fourth-order valence-corrected chi connectivity index (χ4v) is 4.65. The Kier molecular flexibility index (Phi) is 8.31. The van der Waals surface area contributed by atoms with E-state index in [1.807, 2.05) is 6.92 Å². The van der Waals surface area contributed by atoms with Gasteiger partial charge in [-0.25, -0.2) is 18.0 Å². The van der Waals surface area contributed by atoms with Gasteiger partial charge in [0.15, 0.2) is 23.2 Å². The summed E-state index contributed by atoms with van der Waals surface area (Å²) < 4.78 is 60.2. The molecule has 1 aliphatic carbocycles. The molecule has 0 unspecified atom stereocenters. The van der Waals surface area contributed by atoms with Crippen molar-refractivity contribution in [3.63, 3.8) is 0 Å². The van der Waals surface area contributed by atoms with E-state index in [1.54, 1.807) is 31.2 Å². The molecule has 0 bridgehead atoms. The largest absolute Gasteiger partial charge is 0.491 e. The molecule has 1 saturated carbocycles. The molecule has 0 amide bonds. The summed E-state index contributed by atoms with van der Waals surface area (Å²) in [4.78, 5) is 12.4. The molecule has 4 rings (SSSR count). The van der Waals surface area contributed by atoms with Gasteiger partial charge in [0.25, 0.3) is 0 Å². The first-order valence-electron chi connectivity index (χ1n) is 12.3. The van der Waals surface area contributed by atoms with E-state index in [1.165, 1.54) is 24.3 Å². The van der Waals surface area contributed by atoms with Crippen molar-refractivity contribution >= 4 is 5.97 Å². The van der Waals surface area contributed by atoms with Crippen molar-refractivity contribution in [2.45, 2.75) is 51.6 Å². The summed E-state index contributed by atoms with van der Waals surface area (Å²) in [7, 11) is 0. The van der Waals surface area contributed by atoms with E-state index in [2.05, 4.69) is 0 Å². The molecule has 0 aromatic heterocycles. The van der Waals surface area contributed by atoms with E-state index in [0.29, 0.717) is 24.3 Å². The average Bonchev–Trinajstić information content (AvgIpc) is 2.88. The molecule has 36 heavy (non-hydrogen) atoms. The molecule has 0 saturated heterocycles. The standard InChI is InChI=1S/C29H29F3O4/c1-3-34-21-10-5-18(6-11-21)23-14-15-24(28(32)27(23)31)19-7-12-22(13-8-19)36-29(33)20-9-16-26(35-4-2)25(30)17-20/h7-9,12-18,21H,3-6,10-11H2,1-2H3. The van der Waals surface area contributed by atoms with Crippen molar-refractivity contribution in [1.29, 1.82) is 0 Å². The Morgan fingerprint density at radius 3 is 2.22 bits per heavy atom. The summed E-state index contributed by atoms with van der Waals surface area (Å²) in [6.07, 6.45) is 3.40. The van der Waals surface area contributed by atoms with E-state index in [4.69, 9.17) is 14.2 Å². The quantitative estimate of drug-likeness (QED) is 0.239. The Balaban J connectivity index is 1.44. The molecule has 3 aromatic carbocycles. The highest BCUT2D eigenvalue weighted by Gasteiger charge is 2.26. The fraction of sp³-hybridized carbons (Fsp3) is 0.345. The van der Waals surface area contributed by atoms with E-state index in [0.717, 1.165) is 31.7 Å². The zero-order valence-corrected chi connectivity index (χ0v) is 20.4. The Morgan fingerprint density at radius 2 is 1.58 bits per heavy atom. The summed E-state index contributed by atoms with van der Waals surface area (Å²) in [6, 6.07) is 13.1. The lowest BCUT2D eigenvalue weighted by molar-refractivity contribution is 0.0325. The van der Waals surface area contributed by atoms with Crippen molar-refractivity contribution in [2.75, 3.05) is 13.2 Å². The zero-order valence-electron chi connectivity index (χ0n) is 20.4. The number of ether oxygens (including phenoxy) is 3. The van der Waals surface area contributed by atoms with Gasteiger partial charge in [0.05, 0.1) is 18.3 Å². The summed E-state index contributed by atoms with van der Waals surface area (Å²) in [5, 5.41) is 0. The van der Waals surface area contributed by atoms with Crippen LogP contribution in [0.2, 0.25) is 0 Å². The van der Waals surface area contributed by atoms with Gasteiger partial charge in [0, 0.05) is 12.2 Å². The molecule has 0 radical (unpaired) electrons. The highest BCUT2D eigenvalue weighted by atomic mass is 19.2. The molecule has 4 nitrogen and oxygen atoms in total. The molecule has 0 heterocycles. The van der Waals surface area contributed by atoms with Gasteiger partial charge >= 0.3 is 5.97 Å². The molecule has 1 aliphatic rings. The van der Waals surface area contributed by atoms with Crippen molar-refractivity contribution in [3.05, 3.63) is 83.2 Å². The van der Waals surface area contributed by atoms with E-state index in [9.17, 15) is 9.18 Å². The van der Waals surface area contributed by atoms with Gasteiger partial charge in [-0.3, -0.25) is 0 Å². The average molecular weight is 499 g/mol. The number of rotatable bonds is 8. The molecule has 190 valence electrons. The van der Waals surface area contributed by atoms with Crippen LogP contribution in [-0.4, -0.2) is 25.3 Å². The van der Waals surface area contributed by atoms with Gasteiger partial charge in [-0.15, -0.1) is 0 Å². The van der Waals surface area contributed by atoms with E-state index in [-0.39, 0.29) is 34.6 Å². The summed E-state index contributed by atoms with van der Waals surface area (Å²) in [5.74, 6) is -2.90. The molecule has 0 spiro atoms. The molecule has 7 heteroatoms. The van der Waals surface area contributed by atoms with Crippen LogP contribution in [0.15, 0.2) is 54.6 Å². The second-order valence-corrected chi connectivity index (χ2v) is 8.75. The molecule has 1 fully saturated rings. The van der Waals surface area contributed by atoms with Crippen molar-refractivity contribution in [3.8, 4) is 22.6 Å². The van der Waals surface area contributed by atoms with Gasteiger partial charge in [0.1, 0.15) is 5.75 Å². The third kappa shape index (κ3) is 5.73. The van der Waals surface area contributed by atoms with Gasteiger partial charge in [-0.1, -0.05) is 24.3 Å². The Morgan fingerprint density at radius 1 is 0.861 bits per heavy atom. The van der Waals surface area contributed by atoms with Crippen LogP contribution in [0.3, 0.4) is 0 Å². The van der Waals surface area contributed by atoms with Crippen LogP contribution >= 0.6 is 0 Å². The van der Waals surface area contributed by atoms with Crippen LogP contribution < -0.4 is 9.47 Å². The minimum Gasteiger partial charge on any atom is -0.491 e. The van der Waals surface area contributed by atoms with Crippen LogP contribution in [0.1, 0.15) is 61.4 Å². The number of hydrogen-bond donors (Lipinski definition) is 0. The van der Waals surface area contributed by atoms with Gasteiger partial charge in [-0.2, -0.15) is 0 Å². The SMILES string of the molecule is CCOc1ccc(C(=O)Oc2ccc(-c3ccc(C4CCC(OCC)CC4)c(F)c3F)cc2)cc1F. The maximum Gasteiger partial charge on any atom is 0.343 e. The number of hydrogen-bond acceptors (Lipinski definition) is 4. The van der Waals surface area contributed by atoms with Crippen LogP contribution in [0.25, 0.3) is 11.1 Å². The third-order valence-corrected chi connectivity index (χ3v) is 6.47. The van der Waals surface area contributed by atoms with Crippen molar-refractivity contribution < 1.29 is 32.2 Å². The van der Waals surface area contributed by atoms with Gasteiger partial charge < -0.3 is 14.2 Å². The third-order valence-electron chi connectivity index (χ3n) is 6.47. The minimum atomic E-state index is -0.894. The van der Waals surface area contributed by atoms with Crippen LogP contribution in [0.4, 0.5) is 13.2 Å². The topological polar surface area (TPSA) is 44.8 Å². The lowest BCUT2D eigenvalue weighted by atomic mass is 9.82. The minimum absolute atomic E-state index is 0.0269. The lowest BCUT2D eigenvalue weighted by Gasteiger charge is -2.29. The zero-order chi connectivity index (χ0) is 25.7. The molecule has 0 atom stereocenters. The predicted octanol–water partition coefficient (Wildman–Crippen LogP) is 7.45. The molecular weight excluding hydrogens is 469 g/mol. The molecule has 3 aromatic rings. The number of benzene rings is 3. The Labute approximate surface area is 209 Å². The lowest BCUT2D eigenvalue weighted by Crippen LogP contribution is -2.21. The number of esters is 1.